The highest BCUT2D eigenvalue weighted by Crippen LogP contribution is 2.29. The fourth-order valence-corrected chi connectivity index (χ4v) is 2.99. The van der Waals surface area contributed by atoms with E-state index in [1.807, 2.05) is 6.07 Å². The van der Waals surface area contributed by atoms with Gasteiger partial charge in [-0.15, -0.1) is 12.4 Å². The van der Waals surface area contributed by atoms with Gasteiger partial charge in [-0.05, 0) is 50.0 Å². The molecular weight excluding hydrogens is 335 g/mol. The largest absolute Gasteiger partial charge is 0.494 e. The van der Waals surface area contributed by atoms with E-state index in [2.05, 4.69) is 10.6 Å². The summed E-state index contributed by atoms with van der Waals surface area (Å²) in [6.45, 7) is 2.54. The molecule has 0 bridgehead atoms. The van der Waals surface area contributed by atoms with Crippen molar-refractivity contribution < 1.29 is 18.7 Å². The molecule has 0 spiro atoms. The number of amides is 1. The standard InChI is InChI=1S/C17H25FN2O3.ClH/c1-22-12-17(6-9-19-10-7-17)16(21)20-8-5-13-3-4-15(23-2)14(18)11-13;/h3-4,11,19H,5-10,12H2,1-2H3,(H,20,21);1H. The number of hydrogen-bond donors (Lipinski definition) is 2. The van der Waals surface area contributed by atoms with Crippen molar-refractivity contribution in [2.24, 2.45) is 5.41 Å². The van der Waals surface area contributed by atoms with Gasteiger partial charge >= 0.3 is 0 Å². The lowest BCUT2D eigenvalue weighted by atomic mass is 9.78. The molecule has 2 N–H and O–H groups in total. The van der Waals surface area contributed by atoms with Gasteiger partial charge in [-0.2, -0.15) is 0 Å². The Morgan fingerprint density at radius 2 is 2.04 bits per heavy atom. The molecule has 5 nitrogen and oxygen atoms in total. The van der Waals surface area contributed by atoms with Gasteiger partial charge < -0.3 is 20.1 Å². The number of methoxy groups -OCH3 is 2. The number of benzene rings is 1. The molecule has 0 aromatic heterocycles. The number of hydrogen-bond acceptors (Lipinski definition) is 4. The lowest BCUT2D eigenvalue weighted by Gasteiger charge is -2.35. The van der Waals surface area contributed by atoms with Gasteiger partial charge in [0.15, 0.2) is 11.6 Å². The summed E-state index contributed by atoms with van der Waals surface area (Å²) in [5, 5.41) is 6.24. The number of rotatable bonds is 7. The first kappa shape index (κ1) is 20.7. The summed E-state index contributed by atoms with van der Waals surface area (Å²) in [4.78, 5) is 12.6. The first-order valence-electron chi connectivity index (χ1n) is 7.92. The fourth-order valence-electron chi connectivity index (χ4n) is 2.99. The molecule has 2 rings (SSSR count). The molecule has 1 aliphatic heterocycles. The van der Waals surface area contributed by atoms with Gasteiger partial charge in [0.25, 0.3) is 0 Å². The van der Waals surface area contributed by atoms with E-state index in [9.17, 15) is 9.18 Å². The van der Waals surface area contributed by atoms with Crippen LogP contribution in [-0.2, 0) is 16.0 Å². The zero-order valence-electron chi connectivity index (χ0n) is 14.2. The number of halogens is 2. The number of piperidine rings is 1. The normalized spacial score (nSPS) is 16.1. The van der Waals surface area contributed by atoms with Crippen LogP contribution in [0.1, 0.15) is 18.4 Å². The van der Waals surface area contributed by atoms with Crippen LogP contribution in [0.25, 0.3) is 0 Å². The summed E-state index contributed by atoms with van der Waals surface area (Å²) in [6, 6.07) is 4.86. The van der Waals surface area contributed by atoms with Crippen LogP contribution in [0.2, 0.25) is 0 Å². The Labute approximate surface area is 148 Å². The van der Waals surface area contributed by atoms with Gasteiger partial charge in [-0.1, -0.05) is 6.07 Å². The summed E-state index contributed by atoms with van der Waals surface area (Å²) >= 11 is 0. The fraction of sp³-hybridized carbons (Fsp3) is 0.588. The van der Waals surface area contributed by atoms with Gasteiger partial charge in [-0.25, -0.2) is 4.39 Å². The van der Waals surface area contributed by atoms with E-state index in [1.54, 1.807) is 13.2 Å². The van der Waals surface area contributed by atoms with E-state index in [1.165, 1.54) is 13.2 Å². The lowest BCUT2D eigenvalue weighted by molar-refractivity contribution is -0.136. The van der Waals surface area contributed by atoms with Crippen molar-refractivity contribution in [2.75, 3.05) is 40.5 Å². The monoisotopic (exact) mass is 360 g/mol. The van der Waals surface area contributed by atoms with Crippen molar-refractivity contribution in [3.8, 4) is 5.75 Å². The summed E-state index contributed by atoms with van der Waals surface area (Å²) in [6.07, 6.45) is 2.11. The number of nitrogens with one attached hydrogen (secondary N) is 2. The van der Waals surface area contributed by atoms with Gasteiger partial charge in [0, 0.05) is 13.7 Å². The van der Waals surface area contributed by atoms with Crippen LogP contribution < -0.4 is 15.4 Å². The van der Waals surface area contributed by atoms with Gasteiger partial charge in [0.1, 0.15) is 0 Å². The molecule has 7 heteroatoms. The average molecular weight is 361 g/mol. The number of ether oxygens (including phenoxy) is 2. The van der Waals surface area contributed by atoms with Crippen LogP contribution in [0, 0.1) is 11.2 Å². The smallest absolute Gasteiger partial charge is 0.228 e. The van der Waals surface area contributed by atoms with Crippen molar-refractivity contribution in [1.29, 1.82) is 0 Å². The first-order chi connectivity index (χ1) is 11.1. The molecule has 1 aliphatic rings. The second kappa shape index (κ2) is 9.81. The summed E-state index contributed by atoms with van der Waals surface area (Å²) in [5.41, 5.74) is 0.375. The maximum Gasteiger partial charge on any atom is 0.228 e. The SMILES string of the molecule is COCC1(C(=O)NCCc2ccc(OC)c(F)c2)CCNCC1.Cl. The molecule has 1 fully saturated rings. The molecule has 0 radical (unpaired) electrons. The Hall–Kier alpha value is -1.37. The van der Waals surface area contributed by atoms with E-state index in [4.69, 9.17) is 9.47 Å². The first-order valence-corrected chi connectivity index (χ1v) is 7.92. The van der Waals surface area contributed by atoms with E-state index in [0.29, 0.717) is 19.6 Å². The number of carbonyl (C=O) groups excluding carboxylic acids is 1. The maximum atomic E-state index is 13.7. The average Bonchev–Trinajstić information content (AvgIpc) is 2.56. The third-order valence-electron chi connectivity index (χ3n) is 4.38. The highest BCUT2D eigenvalue weighted by atomic mass is 35.5. The highest BCUT2D eigenvalue weighted by Gasteiger charge is 2.39. The molecule has 1 heterocycles. The van der Waals surface area contributed by atoms with Crippen LogP contribution in [0.3, 0.4) is 0 Å². The number of carbonyl (C=O) groups is 1. The molecule has 1 amide bonds. The molecular formula is C17H26ClFN2O3. The Bertz CT molecular complexity index is 531. The maximum absolute atomic E-state index is 13.7. The summed E-state index contributed by atoms with van der Waals surface area (Å²) in [5.74, 6) is -0.132. The van der Waals surface area contributed by atoms with Crippen LogP contribution in [-0.4, -0.2) is 46.4 Å². The van der Waals surface area contributed by atoms with Gasteiger partial charge in [-0.3, -0.25) is 4.79 Å². The Morgan fingerprint density at radius 3 is 2.62 bits per heavy atom. The minimum Gasteiger partial charge on any atom is -0.494 e. The lowest BCUT2D eigenvalue weighted by Crippen LogP contribution is -2.50. The van der Waals surface area contributed by atoms with E-state index in [0.717, 1.165) is 31.5 Å². The molecule has 1 aromatic rings. The summed E-state index contributed by atoms with van der Waals surface area (Å²) < 4.78 is 23.8. The Morgan fingerprint density at radius 1 is 1.33 bits per heavy atom. The van der Waals surface area contributed by atoms with Crippen LogP contribution in [0.15, 0.2) is 18.2 Å². The molecule has 0 aliphatic carbocycles. The zero-order valence-corrected chi connectivity index (χ0v) is 15.0. The minimum absolute atomic E-state index is 0. The molecule has 0 atom stereocenters. The van der Waals surface area contributed by atoms with Crippen LogP contribution >= 0.6 is 12.4 Å². The molecule has 136 valence electrons. The molecule has 1 aromatic carbocycles. The minimum atomic E-state index is -0.453. The Balaban J connectivity index is 0.00000288. The predicted octanol–water partition coefficient (Wildman–Crippen LogP) is 1.93. The zero-order chi connectivity index (χ0) is 16.7. The van der Waals surface area contributed by atoms with Crippen molar-refractivity contribution in [3.63, 3.8) is 0 Å². The third kappa shape index (κ3) is 5.06. The van der Waals surface area contributed by atoms with Crippen molar-refractivity contribution in [1.82, 2.24) is 10.6 Å². The van der Waals surface area contributed by atoms with E-state index >= 15 is 0 Å². The van der Waals surface area contributed by atoms with Crippen LogP contribution in [0.4, 0.5) is 4.39 Å². The van der Waals surface area contributed by atoms with Crippen molar-refractivity contribution in [3.05, 3.63) is 29.6 Å². The van der Waals surface area contributed by atoms with Crippen molar-refractivity contribution >= 4 is 18.3 Å². The quantitative estimate of drug-likeness (QED) is 0.780. The summed E-state index contributed by atoms with van der Waals surface area (Å²) in [7, 11) is 3.06. The second-order valence-electron chi connectivity index (χ2n) is 5.94. The molecule has 0 saturated carbocycles. The van der Waals surface area contributed by atoms with E-state index < -0.39 is 5.41 Å². The second-order valence-corrected chi connectivity index (χ2v) is 5.94. The topological polar surface area (TPSA) is 59.6 Å². The van der Waals surface area contributed by atoms with Crippen LogP contribution in [0.5, 0.6) is 5.75 Å². The molecule has 24 heavy (non-hydrogen) atoms. The third-order valence-corrected chi connectivity index (χ3v) is 4.38. The van der Waals surface area contributed by atoms with Gasteiger partial charge in [0.2, 0.25) is 5.91 Å². The Kier molecular flexibility index (Phi) is 8.45. The molecule has 1 saturated heterocycles. The highest BCUT2D eigenvalue weighted by molar-refractivity contribution is 5.85. The van der Waals surface area contributed by atoms with E-state index in [-0.39, 0.29) is 29.9 Å². The van der Waals surface area contributed by atoms with Gasteiger partial charge in [0.05, 0.1) is 19.1 Å². The molecule has 0 unspecified atom stereocenters. The predicted molar refractivity (Wildman–Crippen MR) is 93.3 cm³/mol. The van der Waals surface area contributed by atoms with Crippen molar-refractivity contribution in [2.45, 2.75) is 19.3 Å².